The molecule has 1 aromatic carbocycles. The van der Waals surface area contributed by atoms with Crippen LogP contribution in [-0.2, 0) is 4.79 Å². The van der Waals surface area contributed by atoms with Crippen molar-refractivity contribution in [1.82, 2.24) is 5.32 Å². The Bertz CT molecular complexity index is 466. The van der Waals surface area contributed by atoms with Gasteiger partial charge >= 0.3 is 5.97 Å². The lowest BCUT2D eigenvalue weighted by atomic mass is 10.1. The van der Waals surface area contributed by atoms with Crippen LogP contribution in [0.3, 0.4) is 0 Å². The summed E-state index contributed by atoms with van der Waals surface area (Å²) in [4.78, 5) is 22.6. The average molecular weight is 337 g/mol. The van der Waals surface area contributed by atoms with Gasteiger partial charge in [-0.25, -0.2) is 4.79 Å². The maximum atomic E-state index is 11.8. The summed E-state index contributed by atoms with van der Waals surface area (Å²) >= 11 is 9.08. The zero-order chi connectivity index (χ0) is 13.7. The van der Waals surface area contributed by atoms with Gasteiger partial charge in [0, 0.05) is 17.5 Å². The first-order chi connectivity index (χ1) is 8.45. The zero-order valence-electron chi connectivity index (χ0n) is 9.19. The highest BCUT2D eigenvalue weighted by molar-refractivity contribution is 9.10. The Labute approximate surface area is 117 Å². The van der Waals surface area contributed by atoms with Crippen molar-refractivity contribution in [2.24, 2.45) is 0 Å². The maximum Gasteiger partial charge on any atom is 0.326 e. The van der Waals surface area contributed by atoms with Gasteiger partial charge in [-0.1, -0.05) is 27.5 Å². The van der Waals surface area contributed by atoms with Crippen molar-refractivity contribution >= 4 is 39.4 Å². The van der Waals surface area contributed by atoms with E-state index in [0.29, 0.717) is 4.47 Å². The van der Waals surface area contributed by atoms with Crippen LogP contribution in [0.5, 0.6) is 0 Å². The van der Waals surface area contributed by atoms with E-state index in [0.717, 1.165) is 0 Å². The van der Waals surface area contributed by atoms with E-state index in [1.165, 1.54) is 12.1 Å². The van der Waals surface area contributed by atoms with Crippen molar-refractivity contribution in [2.75, 3.05) is 6.61 Å². The monoisotopic (exact) mass is 335 g/mol. The lowest BCUT2D eigenvalue weighted by Crippen LogP contribution is -2.41. The first-order valence-electron chi connectivity index (χ1n) is 5.05. The highest BCUT2D eigenvalue weighted by Crippen LogP contribution is 2.21. The van der Waals surface area contributed by atoms with Crippen LogP contribution in [0.4, 0.5) is 0 Å². The van der Waals surface area contributed by atoms with Crippen molar-refractivity contribution in [3.8, 4) is 0 Å². The fraction of sp³-hybridized carbons (Fsp3) is 0.273. The van der Waals surface area contributed by atoms with Crippen molar-refractivity contribution in [1.29, 1.82) is 0 Å². The lowest BCUT2D eigenvalue weighted by Gasteiger charge is -2.13. The number of aliphatic hydroxyl groups excluding tert-OH is 1. The molecule has 0 aliphatic rings. The number of rotatable bonds is 5. The highest BCUT2D eigenvalue weighted by atomic mass is 79.9. The molecule has 0 fully saturated rings. The minimum Gasteiger partial charge on any atom is -0.480 e. The Morgan fingerprint density at radius 2 is 2.11 bits per heavy atom. The summed E-state index contributed by atoms with van der Waals surface area (Å²) in [5.74, 6) is -1.79. The number of amides is 1. The number of aliphatic hydroxyl groups is 1. The number of hydrogen-bond donors (Lipinski definition) is 3. The Morgan fingerprint density at radius 1 is 1.44 bits per heavy atom. The van der Waals surface area contributed by atoms with Gasteiger partial charge in [-0.2, -0.15) is 0 Å². The van der Waals surface area contributed by atoms with Crippen LogP contribution in [-0.4, -0.2) is 34.7 Å². The Kier molecular flexibility index (Phi) is 5.58. The summed E-state index contributed by atoms with van der Waals surface area (Å²) in [5.41, 5.74) is 0.184. The van der Waals surface area contributed by atoms with E-state index < -0.39 is 17.9 Å². The van der Waals surface area contributed by atoms with Crippen LogP contribution >= 0.6 is 27.5 Å². The number of aliphatic carboxylic acids is 1. The molecule has 0 saturated carbocycles. The third-order valence-electron chi connectivity index (χ3n) is 2.20. The minimum atomic E-state index is -1.20. The van der Waals surface area contributed by atoms with Crippen molar-refractivity contribution in [3.63, 3.8) is 0 Å². The number of halogens is 2. The standard InChI is InChI=1S/C11H11BrClNO4/c12-6-1-2-7(8(13)5-6)10(16)14-9(3-4-15)11(17)18/h1-2,5,9,15H,3-4H2,(H,14,16)(H,17,18)/t9-/m0/s1. The van der Waals surface area contributed by atoms with Gasteiger partial charge in [-0.15, -0.1) is 0 Å². The number of carboxylic acids is 1. The fourth-order valence-electron chi connectivity index (χ4n) is 1.30. The largest absolute Gasteiger partial charge is 0.480 e. The fourth-order valence-corrected chi connectivity index (χ4v) is 2.06. The Balaban J connectivity index is 2.83. The van der Waals surface area contributed by atoms with Gasteiger partial charge in [0.2, 0.25) is 0 Å². The van der Waals surface area contributed by atoms with Crippen LogP contribution in [0.2, 0.25) is 5.02 Å². The summed E-state index contributed by atoms with van der Waals surface area (Å²) in [5, 5.41) is 20.1. The van der Waals surface area contributed by atoms with Gasteiger partial charge < -0.3 is 15.5 Å². The summed E-state index contributed by atoms with van der Waals surface area (Å²) in [6, 6.07) is 3.52. The molecule has 98 valence electrons. The SMILES string of the molecule is O=C(N[C@@H](CCO)C(=O)O)c1ccc(Br)cc1Cl. The van der Waals surface area contributed by atoms with Crippen molar-refractivity contribution < 1.29 is 19.8 Å². The molecule has 0 aliphatic carbocycles. The normalized spacial score (nSPS) is 11.9. The second kappa shape index (κ2) is 6.72. The molecule has 1 amide bonds. The lowest BCUT2D eigenvalue weighted by molar-refractivity contribution is -0.139. The third kappa shape index (κ3) is 3.97. The van der Waals surface area contributed by atoms with E-state index in [2.05, 4.69) is 21.2 Å². The summed E-state index contributed by atoms with van der Waals surface area (Å²) in [6.45, 7) is -0.328. The van der Waals surface area contributed by atoms with Crippen LogP contribution in [0.25, 0.3) is 0 Å². The molecule has 0 heterocycles. The first kappa shape index (κ1) is 14.9. The predicted octanol–water partition coefficient (Wildman–Crippen LogP) is 1.67. The van der Waals surface area contributed by atoms with Crippen LogP contribution in [0.15, 0.2) is 22.7 Å². The van der Waals surface area contributed by atoms with Crippen LogP contribution in [0, 0.1) is 0 Å². The highest BCUT2D eigenvalue weighted by Gasteiger charge is 2.21. The molecule has 5 nitrogen and oxygen atoms in total. The van der Waals surface area contributed by atoms with E-state index in [1.54, 1.807) is 6.07 Å². The van der Waals surface area contributed by atoms with Gasteiger partial charge in [0.25, 0.3) is 5.91 Å². The topological polar surface area (TPSA) is 86.6 Å². The second-order valence-electron chi connectivity index (χ2n) is 3.50. The van der Waals surface area contributed by atoms with Gasteiger partial charge in [-0.05, 0) is 18.2 Å². The Morgan fingerprint density at radius 3 is 2.61 bits per heavy atom. The van der Waals surface area contributed by atoms with Crippen LogP contribution < -0.4 is 5.32 Å². The van der Waals surface area contributed by atoms with E-state index in [4.69, 9.17) is 21.8 Å². The summed E-state index contributed by atoms with van der Waals surface area (Å²) in [6.07, 6.45) is -0.0603. The van der Waals surface area contributed by atoms with Gasteiger partial charge in [0.15, 0.2) is 0 Å². The molecule has 3 N–H and O–H groups in total. The molecular weight excluding hydrogens is 325 g/mol. The van der Waals surface area contributed by atoms with Crippen LogP contribution in [0.1, 0.15) is 16.8 Å². The molecule has 0 radical (unpaired) electrons. The molecule has 7 heteroatoms. The molecule has 1 aromatic rings. The molecule has 0 aliphatic heterocycles. The number of carboxylic acid groups (broad SMARTS) is 1. The minimum absolute atomic E-state index is 0.0603. The number of nitrogens with one attached hydrogen (secondary N) is 1. The molecule has 0 spiro atoms. The molecule has 18 heavy (non-hydrogen) atoms. The van der Waals surface area contributed by atoms with E-state index in [1.807, 2.05) is 0 Å². The number of carbonyl (C=O) groups is 2. The summed E-state index contributed by atoms with van der Waals surface area (Å²) in [7, 11) is 0. The van der Waals surface area contributed by atoms with Crippen molar-refractivity contribution in [3.05, 3.63) is 33.3 Å². The average Bonchev–Trinajstić information content (AvgIpc) is 2.27. The maximum absolute atomic E-state index is 11.8. The smallest absolute Gasteiger partial charge is 0.326 e. The summed E-state index contributed by atoms with van der Waals surface area (Å²) < 4.78 is 0.717. The number of hydrogen-bond acceptors (Lipinski definition) is 3. The van der Waals surface area contributed by atoms with E-state index in [-0.39, 0.29) is 23.6 Å². The molecule has 1 rings (SSSR count). The molecule has 0 bridgehead atoms. The van der Waals surface area contributed by atoms with E-state index in [9.17, 15) is 9.59 Å². The molecule has 0 unspecified atom stereocenters. The zero-order valence-corrected chi connectivity index (χ0v) is 11.5. The van der Waals surface area contributed by atoms with Gasteiger partial charge in [-0.3, -0.25) is 4.79 Å². The predicted molar refractivity (Wildman–Crippen MR) is 69.7 cm³/mol. The molecule has 1 atom stereocenters. The van der Waals surface area contributed by atoms with Gasteiger partial charge in [0.05, 0.1) is 10.6 Å². The van der Waals surface area contributed by atoms with Gasteiger partial charge in [0.1, 0.15) is 6.04 Å². The third-order valence-corrected chi connectivity index (χ3v) is 3.00. The molecule has 0 saturated heterocycles. The van der Waals surface area contributed by atoms with E-state index >= 15 is 0 Å². The number of benzene rings is 1. The molecular formula is C11H11BrClNO4. The van der Waals surface area contributed by atoms with Crippen molar-refractivity contribution in [2.45, 2.75) is 12.5 Å². The Hall–Kier alpha value is -1.11. The molecule has 0 aromatic heterocycles. The quantitative estimate of drug-likeness (QED) is 0.763. The number of carbonyl (C=O) groups excluding carboxylic acids is 1. The second-order valence-corrected chi connectivity index (χ2v) is 4.82. The first-order valence-corrected chi connectivity index (χ1v) is 6.22.